The van der Waals surface area contributed by atoms with E-state index < -0.39 is 5.91 Å². The molecular formula is C19H22N4O3S. The molecule has 0 atom stereocenters. The van der Waals surface area contributed by atoms with Crippen molar-refractivity contribution < 1.29 is 14.3 Å². The molecule has 1 aromatic carbocycles. The zero-order chi connectivity index (χ0) is 19.7. The number of carbonyl (C=O) groups is 2. The normalized spacial score (nSPS) is 12.0. The lowest BCUT2D eigenvalue weighted by Crippen LogP contribution is -2.23. The summed E-state index contributed by atoms with van der Waals surface area (Å²) in [4.78, 5) is 29.4. The van der Waals surface area contributed by atoms with Crippen molar-refractivity contribution in [2.75, 3.05) is 6.61 Å². The SMILES string of the molecule is CCOC(=O)Cn1c(=NC(=O)c2cc(C)n(C)n2)sc2c(C)cc(C)cc21. The quantitative estimate of drug-likeness (QED) is 0.646. The Morgan fingerprint density at radius 2 is 1.96 bits per heavy atom. The van der Waals surface area contributed by atoms with Crippen LogP contribution < -0.4 is 4.80 Å². The molecule has 0 radical (unpaired) electrons. The Morgan fingerprint density at radius 3 is 2.59 bits per heavy atom. The Morgan fingerprint density at radius 1 is 1.22 bits per heavy atom. The van der Waals surface area contributed by atoms with Crippen LogP contribution in [0, 0.1) is 20.8 Å². The number of carbonyl (C=O) groups excluding carboxylic acids is 2. The van der Waals surface area contributed by atoms with E-state index in [0.29, 0.717) is 11.4 Å². The fourth-order valence-corrected chi connectivity index (χ4v) is 3.97. The van der Waals surface area contributed by atoms with Gasteiger partial charge in [0.25, 0.3) is 5.91 Å². The molecule has 2 aromatic heterocycles. The third-order valence-corrected chi connectivity index (χ3v) is 5.47. The van der Waals surface area contributed by atoms with Crippen LogP contribution in [0.2, 0.25) is 0 Å². The van der Waals surface area contributed by atoms with E-state index in [0.717, 1.165) is 27.0 Å². The van der Waals surface area contributed by atoms with Crippen molar-refractivity contribution in [1.29, 1.82) is 0 Å². The predicted molar refractivity (Wildman–Crippen MR) is 104 cm³/mol. The molecule has 0 bridgehead atoms. The van der Waals surface area contributed by atoms with Crippen molar-refractivity contribution in [3.63, 3.8) is 0 Å². The van der Waals surface area contributed by atoms with Crippen molar-refractivity contribution in [3.05, 3.63) is 45.5 Å². The summed E-state index contributed by atoms with van der Waals surface area (Å²) in [5, 5.41) is 4.19. The lowest BCUT2D eigenvalue weighted by molar-refractivity contribution is -0.143. The van der Waals surface area contributed by atoms with Crippen LogP contribution in [0.25, 0.3) is 10.2 Å². The fourth-order valence-electron chi connectivity index (χ4n) is 2.90. The van der Waals surface area contributed by atoms with Gasteiger partial charge in [0.2, 0.25) is 0 Å². The molecule has 142 valence electrons. The van der Waals surface area contributed by atoms with Crippen LogP contribution in [-0.4, -0.2) is 32.8 Å². The number of aryl methyl sites for hydroxylation is 4. The molecule has 0 fully saturated rings. The minimum absolute atomic E-state index is 0.00406. The molecule has 0 N–H and O–H groups in total. The highest BCUT2D eigenvalue weighted by molar-refractivity contribution is 7.16. The van der Waals surface area contributed by atoms with E-state index in [-0.39, 0.29) is 18.2 Å². The summed E-state index contributed by atoms with van der Waals surface area (Å²) in [6.45, 7) is 7.95. The molecule has 2 heterocycles. The van der Waals surface area contributed by atoms with E-state index in [1.165, 1.54) is 11.3 Å². The van der Waals surface area contributed by atoms with Crippen LogP contribution in [0.3, 0.4) is 0 Å². The second-order valence-corrected chi connectivity index (χ2v) is 7.39. The van der Waals surface area contributed by atoms with Gasteiger partial charge in [0.05, 0.1) is 16.8 Å². The molecule has 0 aliphatic rings. The zero-order valence-corrected chi connectivity index (χ0v) is 16.9. The van der Waals surface area contributed by atoms with Gasteiger partial charge in [0, 0.05) is 12.7 Å². The van der Waals surface area contributed by atoms with E-state index in [1.54, 1.807) is 29.3 Å². The summed E-state index contributed by atoms with van der Waals surface area (Å²) in [7, 11) is 1.78. The summed E-state index contributed by atoms with van der Waals surface area (Å²) < 4.78 is 9.46. The van der Waals surface area contributed by atoms with E-state index in [2.05, 4.69) is 16.2 Å². The van der Waals surface area contributed by atoms with Crippen LogP contribution in [-0.2, 0) is 23.1 Å². The number of nitrogens with zero attached hydrogens (tertiary/aromatic N) is 4. The van der Waals surface area contributed by atoms with Crippen LogP contribution in [0.5, 0.6) is 0 Å². The number of hydrogen-bond donors (Lipinski definition) is 0. The number of thiazole rings is 1. The van der Waals surface area contributed by atoms with Gasteiger partial charge in [0.15, 0.2) is 10.5 Å². The molecule has 7 nitrogen and oxygen atoms in total. The van der Waals surface area contributed by atoms with Crippen molar-refractivity contribution in [2.45, 2.75) is 34.2 Å². The van der Waals surface area contributed by atoms with Gasteiger partial charge in [-0.3, -0.25) is 14.3 Å². The maximum absolute atomic E-state index is 12.6. The molecule has 0 saturated carbocycles. The number of esters is 1. The minimum Gasteiger partial charge on any atom is -0.465 e. The van der Waals surface area contributed by atoms with Crippen molar-refractivity contribution in [2.24, 2.45) is 12.0 Å². The third kappa shape index (κ3) is 3.85. The number of benzene rings is 1. The number of ether oxygens (including phenoxy) is 1. The highest BCUT2D eigenvalue weighted by atomic mass is 32.1. The van der Waals surface area contributed by atoms with Crippen LogP contribution in [0.4, 0.5) is 0 Å². The Hall–Kier alpha value is -2.74. The molecule has 0 aliphatic carbocycles. The van der Waals surface area contributed by atoms with E-state index >= 15 is 0 Å². The highest BCUT2D eigenvalue weighted by Crippen LogP contribution is 2.23. The van der Waals surface area contributed by atoms with Gasteiger partial charge in [-0.05, 0) is 51.0 Å². The van der Waals surface area contributed by atoms with Crippen LogP contribution >= 0.6 is 11.3 Å². The average Bonchev–Trinajstić information content (AvgIpc) is 3.09. The Balaban J connectivity index is 2.16. The molecule has 27 heavy (non-hydrogen) atoms. The van der Waals surface area contributed by atoms with Crippen LogP contribution in [0.1, 0.15) is 34.2 Å². The van der Waals surface area contributed by atoms with Gasteiger partial charge in [-0.25, -0.2) is 0 Å². The average molecular weight is 386 g/mol. The van der Waals surface area contributed by atoms with Crippen LogP contribution in [0.15, 0.2) is 23.2 Å². The molecule has 3 rings (SSSR count). The number of rotatable bonds is 4. The first-order valence-electron chi connectivity index (χ1n) is 8.66. The first-order valence-corrected chi connectivity index (χ1v) is 9.47. The number of hydrogen-bond acceptors (Lipinski definition) is 5. The Kier molecular flexibility index (Phi) is 5.27. The highest BCUT2D eigenvalue weighted by Gasteiger charge is 2.16. The van der Waals surface area contributed by atoms with E-state index in [1.807, 2.05) is 26.8 Å². The molecule has 3 aromatic rings. The molecular weight excluding hydrogens is 364 g/mol. The van der Waals surface area contributed by atoms with Gasteiger partial charge in [-0.15, -0.1) is 0 Å². The number of fused-ring (bicyclic) bond motifs is 1. The van der Waals surface area contributed by atoms with Gasteiger partial charge in [0.1, 0.15) is 6.54 Å². The second kappa shape index (κ2) is 7.48. The summed E-state index contributed by atoms with van der Waals surface area (Å²) >= 11 is 1.39. The minimum atomic E-state index is -0.433. The zero-order valence-electron chi connectivity index (χ0n) is 16.1. The van der Waals surface area contributed by atoms with Crippen molar-refractivity contribution in [3.8, 4) is 0 Å². The number of aromatic nitrogens is 3. The lowest BCUT2D eigenvalue weighted by atomic mass is 10.1. The topological polar surface area (TPSA) is 78.5 Å². The smallest absolute Gasteiger partial charge is 0.326 e. The summed E-state index contributed by atoms with van der Waals surface area (Å²) in [6.07, 6.45) is 0. The lowest BCUT2D eigenvalue weighted by Gasteiger charge is -2.06. The molecule has 1 amide bonds. The van der Waals surface area contributed by atoms with Gasteiger partial charge in [-0.1, -0.05) is 17.4 Å². The monoisotopic (exact) mass is 386 g/mol. The standard InChI is InChI=1S/C19H22N4O3S/c1-6-26-16(24)10-23-15-8-11(2)7-12(3)17(15)27-19(23)20-18(25)14-9-13(4)22(5)21-14/h7-9H,6,10H2,1-5H3. The first kappa shape index (κ1) is 19.0. The second-order valence-electron chi connectivity index (χ2n) is 6.42. The predicted octanol–water partition coefficient (Wildman–Crippen LogP) is 2.67. The first-order chi connectivity index (χ1) is 12.8. The largest absolute Gasteiger partial charge is 0.465 e. The van der Waals surface area contributed by atoms with Gasteiger partial charge < -0.3 is 9.30 Å². The molecule has 0 aliphatic heterocycles. The molecule has 0 saturated heterocycles. The maximum atomic E-state index is 12.6. The number of amides is 1. The molecule has 0 unspecified atom stereocenters. The third-order valence-electron chi connectivity index (χ3n) is 4.24. The summed E-state index contributed by atoms with van der Waals surface area (Å²) in [5.41, 5.74) is 4.18. The maximum Gasteiger partial charge on any atom is 0.326 e. The Bertz CT molecular complexity index is 1080. The Labute approximate surface area is 160 Å². The van der Waals surface area contributed by atoms with Crippen molar-refractivity contribution >= 4 is 33.4 Å². The fraction of sp³-hybridized carbons (Fsp3) is 0.368. The summed E-state index contributed by atoms with van der Waals surface area (Å²) in [6, 6.07) is 5.76. The summed E-state index contributed by atoms with van der Waals surface area (Å²) in [5.74, 6) is -0.795. The van der Waals surface area contributed by atoms with E-state index in [4.69, 9.17) is 4.74 Å². The van der Waals surface area contributed by atoms with Gasteiger partial charge in [-0.2, -0.15) is 10.1 Å². The van der Waals surface area contributed by atoms with E-state index in [9.17, 15) is 9.59 Å². The molecule has 8 heteroatoms. The van der Waals surface area contributed by atoms with Gasteiger partial charge >= 0.3 is 5.97 Å². The van der Waals surface area contributed by atoms with Crippen molar-refractivity contribution in [1.82, 2.24) is 14.3 Å². The molecule has 0 spiro atoms.